The van der Waals surface area contributed by atoms with Crippen LogP contribution >= 0.6 is 0 Å². The van der Waals surface area contributed by atoms with Crippen LogP contribution in [0.4, 0.5) is 0 Å². The van der Waals surface area contributed by atoms with Crippen molar-refractivity contribution >= 4 is 0 Å². The van der Waals surface area contributed by atoms with Crippen LogP contribution in [-0.4, -0.2) is 9.97 Å². The summed E-state index contributed by atoms with van der Waals surface area (Å²) >= 11 is 0. The summed E-state index contributed by atoms with van der Waals surface area (Å²) in [6, 6.07) is 16.4. The Bertz CT molecular complexity index is 690. The van der Waals surface area contributed by atoms with Crippen molar-refractivity contribution in [3.63, 3.8) is 0 Å². The maximum atomic E-state index is 4.51. The van der Waals surface area contributed by atoms with E-state index in [-0.39, 0.29) is 0 Å². The molecular formula is C17H14N2. The fourth-order valence-corrected chi connectivity index (χ4v) is 2.23. The minimum absolute atomic E-state index is 1.03. The largest absolute Gasteiger partial charge is 0.264 e. The summed E-state index contributed by atoms with van der Waals surface area (Å²) in [5, 5.41) is 0. The molecule has 0 aliphatic heterocycles. The molecular weight excluding hydrogens is 232 g/mol. The second-order valence-electron chi connectivity index (χ2n) is 4.46. The Morgan fingerprint density at radius 2 is 1.58 bits per heavy atom. The Hall–Kier alpha value is -2.48. The number of nitrogens with zero attached hydrogens (tertiary/aromatic N) is 2. The lowest BCUT2D eigenvalue weighted by Crippen LogP contribution is -1.90. The van der Waals surface area contributed by atoms with Crippen LogP contribution in [0.3, 0.4) is 0 Å². The van der Waals surface area contributed by atoms with Crippen molar-refractivity contribution in [3.8, 4) is 22.4 Å². The van der Waals surface area contributed by atoms with E-state index in [1.165, 1.54) is 5.56 Å². The highest BCUT2D eigenvalue weighted by atomic mass is 14.7. The van der Waals surface area contributed by atoms with Crippen molar-refractivity contribution in [2.45, 2.75) is 6.92 Å². The molecule has 0 fully saturated rings. The zero-order chi connectivity index (χ0) is 13.1. The van der Waals surface area contributed by atoms with Crippen LogP contribution in [0.5, 0.6) is 0 Å². The molecule has 0 aliphatic carbocycles. The molecule has 0 aliphatic rings. The Labute approximate surface area is 112 Å². The highest BCUT2D eigenvalue weighted by Crippen LogP contribution is 2.31. The van der Waals surface area contributed by atoms with Gasteiger partial charge in [-0.3, -0.25) is 9.97 Å². The van der Waals surface area contributed by atoms with Crippen LogP contribution in [0.2, 0.25) is 0 Å². The van der Waals surface area contributed by atoms with E-state index >= 15 is 0 Å². The second kappa shape index (κ2) is 5.02. The number of pyridine rings is 2. The Kier molecular flexibility index (Phi) is 3.07. The smallest absolute Gasteiger partial charge is 0.0737 e. The lowest BCUT2D eigenvalue weighted by molar-refractivity contribution is 1.27. The first kappa shape index (κ1) is 11.6. The molecule has 0 saturated heterocycles. The fourth-order valence-electron chi connectivity index (χ4n) is 2.23. The first-order chi connectivity index (χ1) is 9.36. The van der Waals surface area contributed by atoms with Crippen LogP contribution in [0, 0.1) is 6.92 Å². The lowest BCUT2D eigenvalue weighted by atomic mass is 9.96. The van der Waals surface area contributed by atoms with Gasteiger partial charge in [0.15, 0.2) is 0 Å². The van der Waals surface area contributed by atoms with E-state index in [0.29, 0.717) is 0 Å². The monoisotopic (exact) mass is 246 g/mol. The quantitative estimate of drug-likeness (QED) is 0.679. The van der Waals surface area contributed by atoms with Gasteiger partial charge in [-0.15, -0.1) is 0 Å². The van der Waals surface area contributed by atoms with E-state index in [1.54, 1.807) is 6.20 Å². The summed E-state index contributed by atoms with van der Waals surface area (Å²) in [6.07, 6.45) is 5.51. The highest BCUT2D eigenvalue weighted by molar-refractivity contribution is 5.82. The summed E-state index contributed by atoms with van der Waals surface area (Å²) in [7, 11) is 0. The minimum Gasteiger partial charge on any atom is -0.264 e. The first-order valence-corrected chi connectivity index (χ1v) is 6.27. The van der Waals surface area contributed by atoms with Crippen LogP contribution in [-0.2, 0) is 0 Å². The van der Waals surface area contributed by atoms with Crippen molar-refractivity contribution in [1.29, 1.82) is 0 Å². The van der Waals surface area contributed by atoms with Gasteiger partial charge in [0, 0.05) is 29.7 Å². The van der Waals surface area contributed by atoms with Crippen molar-refractivity contribution in [1.82, 2.24) is 9.97 Å². The Morgan fingerprint density at radius 3 is 2.32 bits per heavy atom. The van der Waals surface area contributed by atoms with Gasteiger partial charge >= 0.3 is 0 Å². The average molecular weight is 246 g/mol. The molecule has 0 saturated carbocycles. The van der Waals surface area contributed by atoms with Crippen molar-refractivity contribution < 1.29 is 0 Å². The zero-order valence-electron chi connectivity index (χ0n) is 10.7. The predicted octanol–water partition coefficient (Wildman–Crippen LogP) is 4.12. The average Bonchev–Trinajstić information content (AvgIpc) is 2.49. The topological polar surface area (TPSA) is 25.8 Å². The standard InChI is InChI=1S/C17H14N2/c1-13-6-4-11-19-17(13)16-9-3-2-8-15(16)14-7-5-10-18-12-14/h2-12H,1H3. The first-order valence-electron chi connectivity index (χ1n) is 6.27. The molecule has 2 aromatic heterocycles. The number of hydrogen-bond donors (Lipinski definition) is 0. The third kappa shape index (κ3) is 2.25. The number of benzene rings is 1. The molecule has 0 N–H and O–H groups in total. The van der Waals surface area contributed by atoms with E-state index in [2.05, 4.69) is 41.2 Å². The maximum absolute atomic E-state index is 4.51. The molecule has 3 aromatic rings. The molecule has 0 bridgehead atoms. The maximum Gasteiger partial charge on any atom is 0.0737 e. The summed E-state index contributed by atoms with van der Waals surface area (Å²) in [5.41, 5.74) is 5.63. The fraction of sp³-hybridized carbons (Fsp3) is 0.0588. The molecule has 92 valence electrons. The van der Waals surface area contributed by atoms with Crippen molar-refractivity contribution in [2.75, 3.05) is 0 Å². The third-order valence-electron chi connectivity index (χ3n) is 3.16. The van der Waals surface area contributed by atoms with Crippen molar-refractivity contribution in [2.24, 2.45) is 0 Å². The normalized spacial score (nSPS) is 10.4. The highest BCUT2D eigenvalue weighted by Gasteiger charge is 2.09. The molecule has 2 nitrogen and oxygen atoms in total. The molecule has 0 atom stereocenters. The van der Waals surface area contributed by atoms with Gasteiger partial charge < -0.3 is 0 Å². The van der Waals surface area contributed by atoms with Gasteiger partial charge in [0.2, 0.25) is 0 Å². The Morgan fingerprint density at radius 1 is 0.789 bits per heavy atom. The summed E-state index contributed by atoms with van der Waals surface area (Å²) < 4.78 is 0. The van der Waals surface area contributed by atoms with Gasteiger partial charge in [-0.1, -0.05) is 36.4 Å². The third-order valence-corrected chi connectivity index (χ3v) is 3.16. The van der Waals surface area contributed by atoms with Crippen molar-refractivity contribution in [3.05, 3.63) is 72.7 Å². The molecule has 0 unspecified atom stereocenters. The molecule has 2 heterocycles. The van der Waals surface area contributed by atoms with Gasteiger partial charge in [0.05, 0.1) is 5.69 Å². The summed E-state index contributed by atoms with van der Waals surface area (Å²) in [5.74, 6) is 0. The number of rotatable bonds is 2. The Balaban J connectivity index is 2.21. The predicted molar refractivity (Wildman–Crippen MR) is 77.6 cm³/mol. The number of hydrogen-bond acceptors (Lipinski definition) is 2. The van der Waals surface area contributed by atoms with Gasteiger partial charge in [-0.25, -0.2) is 0 Å². The zero-order valence-corrected chi connectivity index (χ0v) is 10.7. The molecule has 2 heteroatoms. The van der Waals surface area contributed by atoms with E-state index < -0.39 is 0 Å². The lowest BCUT2D eigenvalue weighted by Gasteiger charge is -2.10. The van der Waals surface area contributed by atoms with Gasteiger partial charge in [-0.2, -0.15) is 0 Å². The van der Waals surface area contributed by atoms with Crippen LogP contribution in [0.1, 0.15) is 5.56 Å². The number of aryl methyl sites for hydroxylation is 1. The molecule has 19 heavy (non-hydrogen) atoms. The van der Waals surface area contributed by atoms with E-state index in [0.717, 1.165) is 22.4 Å². The van der Waals surface area contributed by atoms with E-state index in [9.17, 15) is 0 Å². The second-order valence-corrected chi connectivity index (χ2v) is 4.46. The van der Waals surface area contributed by atoms with Crippen LogP contribution in [0.25, 0.3) is 22.4 Å². The SMILES string of the molecule is Cc1cccnc1-c1ccccc1-c1cccnc1. The molecule has 1 aromatic carbocycles. The molecule has 0 amide bonds. The number of aromatic nitrogens is 2. The van der Waals surface area contributed by atoms with Crippen LogP contribution < -0.4 is 0 Å². The molecule has 3 rings (SSSR count). The van der Waals surface area contributed by atoms with E-state index in [4.69, 9.17) is 0 Å². The summed E-state index contributed by atoms with van der Waals surface area (Å²) in [6.45, 7) is 2.09. The van der Waals surface area contributed by atoms with Gasteiger partial charge in [-0.05, 0) is 30.2 Å². The molecule has 0 radical (unpaired) electrons. The molecule has 0 spiro atoms. The van der Waals surface area contributed by atoms with E-state index in [1.807, 2.05) is 36.7 Å². The minimum atomic E-state index is 1.03. The summed E-state index contributed by atoms with van der Waals surface area (Å²) in [4.78, 5) is 8.71. The van der Waals surface area contributed by atoms with Gasteiger partial charge in [0.1, 0.15) is 0 Å². The van der Waals surface area contributed by atoms with Crippen LogP contribution in [0.15, 0.2) is 67.1 Å². The van der Waals surface area contributed by atoms with Gasteiger partial charge in [0.25, 0.3) is 0 Å².